The normalized spacial score (nSPS) is 16.3. The molecule has 0 amide bonds. The Morgan fingerprint density at radius 3 is 2.90 bits per heavy atom. The number of halogens is 1. The van der Waals surface area contributed by atoms with Gasteiger partial charge >= 0.3 is 0 Å². The topological polar surface area (TPSA) is 91.4 Å². The van der Waals surface area contributed by atoms with Gasteiger partial charge in [-0.2, -0.15) is 0 Å². The lowest BCUT2D eigenvalue weighted by Gasteiger charge is -2.22. The van der Waals surface area contributed by atoms with Gasteiger partial charge in [-0.1, -0.05) is 11.6 Å². The number of nitrogens with zero attached hydrogens (tertiary/aromatic N) is 6. The number of aliphatic imine (C=N–C) groups is 1. The van der Waals surface area contributed by atoms with Crippen LogP contribution < -0.4 is 10.2 Å². The number of ether oxygens (including phenoxy) is 1. The van der Waals surface area contributed by atoms with E-state index < -0.39 is 0 Å². The molecule has 4 aromatic rings. The Balaban J connectivity index is 1.53. The average Bonchev–Trinajstić information content (AvgIpc) is 3.36. The number of rotatable bonds is 4. The fraction of sp³-hybridized carbons (Fsp3) is 0.238. The molecular weight excluding hydrogens is 418 g/mol. The molecule has 1 aliphatic rings. The molecular formula is C21H20ClN7O2. The molecule has 31 heavy (non-hydrogen) atoms. The number of aromatic nitrogens is 5. The zero-order valence-electron chi connectivity index (χ0n) is 17.2. The number of fused-ring (bicyclic) bond motifs is 1. The van der Waals surface area contributed by atoms with E-state index in [1.165, 1.54) is 0 Å². The largest absolute Gasteiger partial charge is 0.479 e. The molecule has 0 bridgehead atoms. The summed E-state index contributed by atoms with van der Waals surface area (Å²) in [5.41, 5.74) is 7.02. The van der Waals surface area contributed by atoms with E-state index in [4.69, 9.17) is 26.2 Å². The second-order valence-corrected chi connectivity index (χ2v) is 7.71. The first-order valence-corrected chi connectivity index (χ1v) is 10.0. The molecule has 0 aliphatic carbocycles. The van der Waals surface area contributed by atoms with Crippen molar-refractivity contribution in [3.63, 3.8) is 0 Å². The molecule has 0 radical (unpaired) electrons. The lowest BCUT2D eigenvalue weighted by atomic mass is 10.1. The number of methoxy groups -OCH3 is 1. The lowest BCUT2D eigenvalue weighted by Crippen LogP contribution is -2.33. The molecule has 1 atom stereocenters. The van der Waals surface area contributed by atoms with Crippen LogP contribution in [0.2, 0.25) is 5.02 Å². The van der Waals surface area contributed by atoms with Gasteiger partial charge in [0.1, 0.15) is 29.7 Å². The summed E-state index contributed by atoms with van der Waals surface area (Å²) in [5.74, 6) is 0.984. The van der Waals surface area contributed by atoms with E-state index in [9.17, 15) is 0 Å². The quantitative estimate of drug-likeness (QED) is 0.527. The highest BCUT2D eigenvalue weighted by atomic mass is 35.5. The van der Waals surface area contributed by atoms with E-state index in [1.807, 2.05) is 53.7 Å². The van der Waals surface area contributed by atoms with Gasteiger partial charge in [0.05, 0.1) is 24.2 Å². The molecule has 1 unspecified atom stereocenters. The molecule has 4 aromatic heterocycles. The Bertz CT molecular complexity index is 1310. The van der Waals surface area contributed by atoms with E-state index in [1.54, 1.807) is 19.6 Å². The van der Waals surface area contributed by atoms with Crippen molar-refractivity contribution >= 4 is 28.5 Å². The van der Waals surface area contributed by atoms with Crippen LogP contribution in [0.25, 0.3) is 16.7 Å². The third-order valence-corrected chi connectivity index (χ3v) is 5.34. The summed E-state index contributed by atoms with van der Waals surface area (Å²) in [4.78, 5) is 23.8. The number of imidazole rings is 1. The highest BCUT2D eigenvalue weighted by Crippen LogP contribution is 2.31. The fourth-order valence-corrected chi connectivity index (χ4v) is 3.84. The summed E-state index contributed by atoms with van der Waals surface area (Å²) in [6.45, 7) is 2.30. The molecule has 0 saturated carbocycles. The maximum Gasteiger partial charge on any atom is 0.238 e. The zero-order chi connectivity index (χ0) is 21.5. The molecule has 5 rings (SSSR count). The van der Waals surface area contributed by atoms with Gasteiger partial charge in [-0.15, -0.1) is 0 Å². The van der Waals surface area contributed by atoms with Crippen LogP contribution in [0.15, 0.2) is 48.1 Å². The average molecular weight is 438 g/mol. The maximum atomic E-state index is 6.18. The predicted molar refractivity (Wildman–Crippen MR) is 117 cm³/mol. The third-order valence-electron chi connectivity index (χ3n) is 5.13. The van der Waals surface area contributed by atoms with E-state index >= 15 is 0 Å². The Morgan fingerprint density at radius 2 is 2.13 bits per heavy atom. The van der Waals surface area contributed by atoms with Gasteiger partial charge < -0.3 is 13.9 Å². The van der Waals surface area contributed by atoms with E-state index in [0.29, 0.717) is 29.0 Å². The molecule has 1 aliphatic heterocycles. The third kappa shape index (κ3) is 3.51. The number of nitrogens with one attached hydrogen (secondary N) is 1. The molecule has 0 fully saturated rings. The Labute approximate surface area is 183 Å². The number of amidine groups is 1. The van der Waals surface area contributed by atoms with Crippen molar-refractivity contribution in [2.75, 3.05) is 13.7 Å². The van der Waals surface area contributed by atoms with Crippen LogP contribution in [0, 0.1) is 6.92 Å². The summed E-state index contributed by atoms with van der Waals surface area (Å²) in [6.07, 6.45) is 7.28. The molecule has 0 saturated heterocycles. The van der Waals surface area contributed by atoms with Crippen molar-refractivity contribution in [1.82, 2.24) is 29.6 Å². The smallest absolute Gasteiger partial charge is 0.238 e. The molecule has 1 N–H and O–H groups in total. The summed E-state index contributed by atoms with van der Waals surface area (Å²) in [7, 11) is 3.53. The summed E-state index contributed by atoms with van der Waals surface area (Å²) >= 11 is 6.18. The van der Waals surface area contributed by atoms with Gasteiger partial charge in [-0.3, -0.25) is 9.83 Å². The molecule has 10 heteroatoms. The van der Waals surface area contributed by atoms with Crippen LogP contribution in [0.4, 0.5) is 0 Å². The Hall–Kier alpha value is -3.43. The van der Waals surface area contributed by atoms with Crippen molar-refractivity contribution < 1.29 is 9.57 Å². The molecule has 9 nitrogen and oxygen atoms in total. The molecule has 5 heterocycles. The number of hydrogen-bond acceptors (Lipinski definition) is 7. The monoisotopic (exact) mass is 437 g/mol. The van der Waals surface area contributed by atoms with Gasteiger partial charge in [0.15, 0.2) is 5.84 Å². The first-order valence-electron chi connectivity index (χ1n) is 9.66. The van der Waals surface area contributed by atoms with Crippen molar-refractivity contribution in [1.29, 1.82) is 0 Å². The first kappa shape index (κ1) is 19.5. The minimum Gasteiger partial charge on any atom is -0.479 e. The predicted octanol–water partition coefficient (Wildman–Crippen LogP) is 3.15. The summed E-state index contributed by atoms with van der Waals surface area (Å²) in [5, 5.41) is 1.53. The van der Waals surface area contributed by atoms with E-state index in [2.05, 4.69) is 20.4 Å². The van der Waals surface area contributed by atoms with Crippen LogP contribution in [-0.4, -0.2) is 43.6 Å². The van der Waals surface area contributed by atoms with Crippen LogP contribution in [0.3, 0.4) is 0 Å². The van der Waals surface area contributed by atoms with Crippen molar-refractivity contribution in [2.45, 2.75) is 13.0 Å². The van der Waals surface area contributed by atoms with E-state index in [0.717, 1.165) is 28.0 Å². The standard InChI is InChI=1S/C21H20ClN7O2/c1-12-8-29(11-24-12)18-5-4-16(26-21(18)30-3)19-25-17(10-31-27-19)15-9-28(2)20-14(15)6-13(22)7-23-20/h4-9,11,17H,10H2,1-3H3,(H,25,27). The van der Waals surface area contributed by atoms with Crippen molar-refractivity contribution in [2.24, 2.45) is 12.0 Å². The Kier molecular flexibility index (Phi) is 4.84. The Morgan fingerprint density at radius 1 is 1.26 bits per heavy atom. The molecule has 0 aromatic carbocycles. The van der Waals surface area contributed by atoms with Crippen molar-refractivity contribution in [3.8, 4) is 11.6 Å². The van der Waals surface area contributed by atoms with Gasteiger partial charge in [0, 0.05) is 36.6 Å². The summed E-state index contributed by atoms with van der Waals surface area (Å²) < 4.78 is 9.34. The van der Waals surface area contributed by atoms with Gasteiger partial charge in [-0.05, 0) is 25.1 Å². The first-order chi connectivity index (χ1) is 15.0. The number of hydrogen-bond donors (Lipinski definition) is 1. The zero-order valence-corrected chi connectivity index (χ0v) is 18.0. The van der Waals surface area contributed by atoms with Gasteiger partial charge in [-0.25, -0.2) is 20.4 Å². The lowest BCUT2D eigenvalue weighted by molar-refractivity contribution is 0.0623. The highest BCUT2D eigenvalue weighted by Gasteiger charge is 2.24. The van der Waals surface area contributed by atoms with Crippen LogP contribution in [0.1, 0.15) is 23.0 Å². The second kappa shape index (κ2) is 7.68. The SMILES string of the molecule is COc1nc(C2=NC(c3cn(C)c4ncc(Cl)cc34)CON2)ccc1-n1cnc(C)c1. The van der Waals surface area contributed by atoms with E-state index in [-0.39, 0.29) is 6.04 Å². The minimum absolute atomic E-state index is 0.232. The highest BCUT2D eigenvalue weighted by molar-refractivity contribution is 6.31. The molecule has 158 valence electrons. The summed E-state index contributed by atoms with van der Waals surface area (Å²) in [6, 6.07) is 5.45. The number of pyridine rings is 2. The number of aryl methyl sites for hydroxylation is 2. The fourth-order valence-electron chi connectivity index (χ4n) is 3.68. The van der Waals surface area contributed by atoms with Crippen LogP contribution >= 0.6 is 11.6 Å². The van der Waals surface area contributed by atoms with Gasteiger partial charge in [0.2, 0.25) is 5.88 Å². The van der Waals surface area contributed by atoms with Crippen molar-refractivity contribution in [3.05, 3.63) is 65.1 Å². The van der Waals surface area contributed by atoms with Gasteiger partial charge in [0.25, 0.3) is 0 Å². The molecule has 0 spiro atoms. The van der Waals surface area contributed by atoms with Crippen LogP contribution in [0.5, 0.6) is 5.88 Å². The second-order valence-electron chi connectivity index (χ2n) is 7.27. The minimum atomic E-state index is -0.232. The van der Waals surface area contributed by atoms with Crippen LogP contribution in [-0.2, 0) is 11.9 Å². The number of hydroxylamine groups is 1. The maximum absolute atomic E-state index is 6.18.